The lowest BCUT2D eigenvalue weighted by atomic mass is 9.41. The molecule has 0 aromatic heterocycles. The van der Waals surface area contributed by atoms with E-state index in [2.05, 4.69) is 53.7 Å². The Balaban J connectivity index is 1.47. The van der Waals surface area contributed by atoms with Crippen LogP contribution in [0.1, 0.15) is 99.8 Å². The molecule has 3 fully saturated rings. The molecule has 5 rings (SSSR count). The molecule has 1 aliphatic heterocycles. The van der Waals surface area contributed by atoms with Gasteiger partial charge in [-0.3, -0.25) is 4.79 Å². The zero-order valence-corrected chi connectivity index (χ0v) is 21.9. The Bertz CT molecular complexity index is 940. The fourth-order valence-corrected chi connectivity index (χ4v) is 9.65. The molecule has 0 radical (unpaired) electrons. The highest BCUT2D eigenvalue weighted by Gasteiger charge is 2.65. The predicted octanol–water partition coefficient (Wildman–Crippen LogP) is 7.06. The quantitative estimate of drug-likeness (QED) is 0.333. The third-order valence-corrected chi connectivity index (χ3v) is 12.1. The van der Waals surface area contributed by atoms with Gasteiger partial charge in [0, 0.05) is 23.8 Å². The lowest BCUT2D eigenvalue weighted by molar-refractivity contribution is -0.151. The molecule has 0 saturated heterocycles. The highest BCUT2D eigenvalue weighted by molar-refractivity contribution is 5.88. The van der Waals surface area contributed by atoms with Crippen molar-refractivity contribution >= 4 is 11.8 Å². The molecule has 0 spiro atoms. The Morgan fingerprint density at radius 3 is 2.39 bits per heavy atom. The van der Waals surface area contributed by atoms with Crippen molar-refractivity contribution in [3.8, 4) is 0 Å². The van der Waals surface area contributed by atoms with Gasteiger partial charge in [0.15, 0.2) is 0 Å². The fourth-order valence-electron chi connectivity index (χ4n) is 9.65. The maximum atomic E-state index is 12.8. The zero-order valence-electron chi connectivity index (χ0n) is 21.9. The largest absolute Gasteiger partial charge is 0.458 e. The van der Waals surface area contributed by atoms with Gasteiger partial charge >= 0.3 is 5.97 Å². The van der Waals surface area contributed by atoms with Crippen molar-refractivity contribution in [2.45, 2.75) is 106 Å². The molecule has 0 aromatic carbocycles. The first kappa shape index (κ1) is 23.4. The number of carbonyl (C=O) groups is 2. The molecule has 0 unspecified atom stereocenters. The number of cyclic esters (lactones) is 1. The molecule has 0 amide bonds. The van der Waals surface area contributed by atoms with Crippen molar-refractivity contribution in [3.05, 3.63) is 23.3 Å². The van der Waals surface area contributed by atoms with E-state index in [9.17, 15) is 9.59 Å². The Morgan fingerprint density at radius 2 is 1.70 bits per heavy atom. The smallest absolute Gasteiger partial charge is 0.333 e. The lowest BCUT2D eigenvalue weighted by Gasteiger charge is -2.63. The summed E-state index contributed by atoms with van der Waals surface area (Å²) in [5.41, 5.74) is 2.91. The van der Waals surface area contributed by atoms with E-state index in [-0.39, 0.29) is 33.7 Å². The molecule has 182 valence electrons. The van der Waals surface area contributed by atoms with Crippen LogP contribution >= 0.6 is 0 Å². The maximum Gasteiger partial charge on any atom is 0.333 e. The van der Waals surface area contributed by atoms with Crippen molar-refractivity contribution in [1.82, 2.24) is 0 Å². The van der Waals surface area contributed by atoms with Crippen LogP contribution < -0.4 is 0 Å². The van der Waals surface area contributed by atoms with E-state index in [1.807, 2.05) is 6.92 Å². The maximum absolute atomic E-state index is 12.8. The van der Waals surface area contributed by atoms with E-state index in [4.69, 9.17) is 4.74 Å². The number of Topliss-reactive ketones (excluding diaryl/α,β-unsaturated/α-hetero) is 1. The summed E-state index contributed by atoms with van der Waals surface area (Å²) >= 11 is 0. The number of esters is 1. The van der Waals surface area contributed by atoms with Crippen molar-refractivity contribution in [3.63, 3.8) is 0 Å². The predicted molar refractivity (Wildman–Crippen MR) is 131 cm³/mol. The average molecular weight is 453 g/mol. The highest BCUT2D eigenvalue weighted by Crippen LogP contribution is 2.73. The summed E-state index contributed by atoms with van der Waals surface area (Å²) in [6.07, 6.45) is 13.3. The Kier molecular flexibility index (Phi) is 5.18. The van der Waals surface area contributed by atoms with Crippen molar-refractivity contribution in [2.24, 2.45) is 45.3 Å². The number of hydrogen-bond donors (Lipinski definition) is 0. The molecule has 5 aliphatic rings. The number of rotatable bonds is 2. The minimum Gasteiger partial charge on any atom is -0.458 e. The molecule has 4 aliphatic carbocycles. The van der Waals surface area contributed by atoms with Gasteiger partial charge < -0.3 is 4.74 Å². The second-order valence-electron chi connectivity index (χ2n) is 13.5. The van der Waals surface area contributed by atoms with Gasteiger partial charge in [0.05, 0.1) is 0 Å². The molecule has 3 nitrogen and oxygen atoms in total. The van der Waals surface area contributed by atoms with Crippen LogP contribution in [0.2, 0.25) is 0 Å². The average Bonchev–Trinajstić information content (AvgIpc) is 3.04. The number of carbonyl (C=O) groups excluding carboxylic acids is 2. The van der Waals surface area contributed by atoms with Gasteiger partial charge in [0.1, 0.15) is 11.9 Å². The third kappa shape index (κ3) is 2.99. The molecule has 3 heteroatoms. The number of hydrogen-bond acceptors (Lipinski definition) is 3. The molecule has 0 bridgehead atoms. The van der Waals surface area contributed by atoms with Crippen LogP contribution in [-0.4, -0.2) is 17.9 Å². The first-order valence-electron chi connectivity index (χ1n) is 13.5. The topological polar surface area (TPSA) is 43.4 Å². The molecule has 3 saturated carbocycles. The molecular weight excluding hydrogens is 408 g/mol. The second-order valence-corrected chi connectivity index (χ2v) is 13.5. The van der Waals surface area contributed by atoms with Gasteiger partial charge in [0.2, 0.25) is 0 Å². The fraction of sp³-hybridized carbons (Fsp3) is 0.800. The Morgan fingerprint density at radius 1 is 0.970 bits per heavy atom. The summed E-state index contributed by atoms with van der Waals surface area (Å²) in [5.74, 6) is 2.37. The number of ether oxygens (including phenoxy) is 1. The minimum atomic E-state index is -0.205. The summed E-state index contributed by atoms with van der Waals surface area (Å²) in [7, 11) is 0. The van der Waals surface area contributed by atoms with E-state index >= 15 is 0 Å². The second kappa shape index (κ2) is 7.31. The molecule has 33 heavy (non-hydrogen) atoms. The summed E-state index contributed by atoms with van der Waals surface area (Å²) in [6, 6.07) is 0. The SMILES string of the molecule is CC1=CC[C@H]([C@@H](C)[C@H]2CC[C@@]3(C)[C@@H]4CC[C@@H]5C(C)(C)C(=O)CC[C@]5(C)C4=CC[C@]23C)OC1=O. The van der Waals surface area contributed by atoms with E-state index in [0.717, 1.165) is 31.3 Å². The first-order chi connectivity index (χ1) is 15.4. The van der Waals surface area contributed by atoms with Gasteiger partial charge in [-0.25, -0.2) is 4.79 Å². The van der Waals surface area contributed by atoms with Gasteiger partial charge in [-0.15, -0.1) is 0 Å². The minimum absolute atomic E-state index is 0.00848. The van der Waals surface area contributed by atoms with Crippen LogP contribution in [0, 0.1) is 45.3 Å². The van der Waals surface area contributed by atoms with E-state index in [1.165, 1.54) is 25.7 Å². The van der Waals surface area contributed by atoms with Crippen LogP contribution in [0.15, 0.2) is 23.3 Å². The van der Waals surface area contributed by atoms with Crippen molar-refractivity contribution in [2.75, 3.05) is 0 Å². The standard InChI is InChI=1S/C30H44O3/c1-18-8-10-23(33-26(18)32)19(2)20-12-16-30(7)22-9-11-24-27(3,4)25(31)14-15-28(24,5)21(22)13-17-29(20,30)6/h8,13,19-20,22-24H,9-12,14-17H2,1-7H3/t19-,20+,22+,23+,24+,28+,29+,30-/m0/s1. The number of allylic oxidation sites excluding steroid dienone is 2. The van der Waals surface area contributed by atoms with E-state index in [0.29, 0.717) is 29.5 Å². The molecule has 8 atom stereocenters. The van der Waals surface area contributed by atoms with Crippen LogP contribution in [0.3, 0.4) is 0 Å². The Labute approximate surface area is 200 Å². The summed E-state index contributed by atoms with van der Waals surface area (Å²) in [5, 5.41) is 0. The molecule has 0 aromatic rings. The molecular formula is C30H44O3. The van der Waals surface area contributed by atoms with Crippen LogP contribution in [-0.2, 0) is 14.3 Å². The first-order valence-corrected chi connectivity index (χ1v) is 13.5. The lowest BCUT2D eigenvalue weighted by Crippen LogP contribution is -2.57. The van der Waals surface area contributed by atoms with Gasteiger partial charge in [-0.2, -0.15) is 0 Å². The monoisotopic (exact) mass is 452 g/mol. The van der Waals surface area contributed by atoms with Gasteiger partial charge in [0.25, 0.3) is 0 Å². The van der Waals surface area contributed by atoms with Crippen LogP contribution in [0.4, 0.5) is 0 Å². The van der Waals surface area contributed by atoms with E-state index < -0.39 is 0 Å². The molecule has 0 N–H and O–H groups in total. The van der Waals surface area contributed by atoms with Crippen molar-refractivity contribution in [1.29, 1.82) is 0 Å². The zero-order chi connectivity index (χ0) is 24.0. The van der Waals surface area contributed by atoms with Crippen molar-refractivity contribution < 1.29 is 14.3 Å². The number of fused-ring (bicyclic) bond motifs is 5. The van der Waals surface area contributed by atoms with Gasteiger partial charge in [-0.05, 0) is 85.4 Å². The molecule has 1 heterocycles. The normalized spacial score (nSPS) is 47.5. The highest BCUT2D eigenvalue weighted by atomic mass is 16.5. The van der Waals surface area contributed by atoms with Crippen LogP contribution in [0.25, 0.3) is 0 Å². The summed E-state index contributed by atoms with van der Waals surface area (Å²) in [6.45, 7) is 16.2. The third-order valence-electron chi connectivity index (χ3n) is 12.1. The Hall–Kier alpha value is -1.38. The summed E-state index contributed by atoms with van der Waals surface area (Å²) < 4.78 is 5.90. The number of ketones is 1. The van der Waals surface area contributed by atoms with E-state index in [1.54, 1.807) is 5.57 Å². The van der Waals surface area contributed by atoms with Crippen LogP contribution in [0.5, 0.6) is 0 Å². The summed E-state index contributed by atoms with van der Waals surface area (Å²) in [4.78, 5) is 25.1. The van der Waals surface area contributed by atoms with Gasteiger partial charge in [-0.1, -0.05) is 59.3 Å².